The number of benzene rings is 2. The van der Waals surface area contributed by atoms with E-state index in [2.05, 4.69) is 27.7 Å². The van der Waals surface area contributed by atoms with Crippen molar-refractivity contribution in [3.8, 4) is 11.5 Å². The quantitative estimate of drug-likeness (QED) is 0.596. The highest BCUT2D eigenvalue weighted by Crippen LogP contribution is 2.38. The Morgan fingerprint density at radius 2 is 1.74 bits per heavy atom. The molecule has 1 spiro atoms. The Kier molecular flexibility index (Phi) is 9.67. The minimum absolute atomic E-state index is 0.113. The van der Waals surface area contributed by atoms with E-state index in [1.165, 1.54) is 5.56 Å². The molecule has 38 heavy (non-hydrogen) atoms. The maximum Gasteiger partial charge on any atom is 0.255 e. The highest BCUT2D eigenvalue weighted by molar-refractivity contribution is 5.96. The molecule has 4 rings (SSSR count). The zero-order valence-corrected chi connectivity index (χ0v) is 23.1. The number of carbonyl (C=O) groups excluding carboxylic acids is 2. The highest BCUT2D eigenvalue weighted by atomic mass is 16.5. The molecule has 0 aromatic heterocycles. The van der Waals surface area contributed by atoms with Crippen LogP contribution in [0.4, 0.5) is 0 Å². The van der Waals surface area contributed by atoms with Crippen LogP contribution in [-0.4, -0.2) is 55.1 Å². The highest BCUT2D eigenvalue weighted by Gasteiger charge is 2.41. The van der Waals surface area contributed by atoms with Gasteiger partial charge >= 0.3 is 0 Å². The molecule has 0 unspecified atom stereocenters. The largest absolute Gasteiger partial charge is 0.491 e. The number of piperidine rings is 1. The van der Waals surface area contributed by atoms with Crippen LogP contribution in [-0.2, 0) is 11.3 Å². The van der Waals surface area contributed by atoms with Gasteiger partial charge in [-0.2, -0.15) is 0 Å². The molecule has 7 heteroatoms. The lowest BCUT2D eigenvalue weighted by Crippen LogP contribution is -2.51. The average molecular weight is 522 g/mol. The lowest BCUT2D eigenvalue weighted by molar-refractivity contribution is -0.135. The van der Waals surface area contributed by atoms with Crippen LogP contribution in [0.5, 0.6) is 11.5 Å². The third kappa shape index (κ3) is 7.50. The van der Waals surface area contributed by atoms with E-state index >= 15 is 0 Å². The van der Waals surface area contributed by atoms with Crippen molar-refractivity contribution in [2.24, 2.45) is 5.41 Å². The summed E-state index contributed by atoms with van der Waals surface area (Å²) in [5.74, 6) is 1.47. The van der Waals surface area contributed by atoms with E-state index in [4.69, 9.17) is 9.47 Å². The molecule has 1 fully saturated rings. The number of para-hydroxylation sites is 1. The molecule has 2 aromatic carbocycles. The average Bonchev–Trinajstić information content (AvgIpc) is 2.91. The molecule has 0 saturated carbocycles. The molecule has 2 amide bonds. The summed E-state index contributed by atoms with van der Waals surface area (Å²) >= 11 is 0. The molecule has 0 bridgehead atoms. The summed E-state index contributed by atoms with van der Waals surface area (Å²) in [4.78, 5) is 28.8. The first-order chi connectivity index (χ1) is 18.3. The summed E-state index contributed by atoms with van der Waals surface area (Å²) in [5, 5.41) is 6.27. The molecule has 206 valence electrons. The molecule has 2 heterocycles. The van der Waals surface area contributed by atoms with Gasteiger partial charge in [0.25, 0.3) is 5.91 Å². The number of carbonyl (C=O) groups is 2. The van der Waals surface area contributed by atoms with Crippen molar-refractivity contribution in [3.05, 3.63) is 59.7 Å². The van der Waals surface area contributed by atoms with Gasteiger partial charge in [-0.25, -0.2) is 0 Å². The lowest BCUT2D eigenvalue weighted by atomic mass is 9.73. The van der Waals surface area contributed by atoms with E-state index in [0.717, 1.165) is 63.9 Å². The maximum atomic E-state index is 13.7. The van der Waals surface area contributed by atoms with Gasteiger partial charge in [0.05, 0.1) is 23.1 Å². The standard InChI is InChI=1S/C31H43N3O4/c1-23(2)38-26-13-11-25(12-14-26)21-34-19-16-31(17-20-34)15-7-4-8-18-32-29(35)27-9-5-6-10-28(27)37-22-24(3)33-30(31)36/h5-6,9-14,23-24H,4,7-8,15-22H2,1-3H3,(H,32,35)(H,33,36)/t24-/m0/s1. The smallest absolute Gasteiger partial charge is 0.255 e. The summed E-state index contributed by atoms with van der Waals surface area (Å²) < 4.78 is 11.8. The molecule has 7 nitrogen and oxygen atoms in total. The predicted molar refractivity (Wildman–Crippen MR) is 149 cm³/mol. The van der Waals surface area contributed by atoms with Gasteiger partial charge < -0.3 is 20.1 Å². The summed E-state index contributed by atoms with van der Waals surface area (Å²) in [7, 11) is 0. The fourth-order valence-electron chi connectivity index (χ4n) is 5.41. The van der Waals surface area contributed by atoms with Gasteiger partial charge in [-0.15, -0.1) is 0 Å². The van der Waals surface area contributed by atoms with Crippen LogP contribution in [0.25, 0.3) is 0 Å². The molecule has 2 aliphatic heterocycles. The van der Waals surface area contributed by atoms with Crippen LogP contribution < -0.4 is 20.1 Å². The molecule has 1 saturated heterocycles. The first-order valence-corrected chi connectivity index (χ1v) is 14.1. The second kappa shape index (κ2) is 13.1. The first kappa shape index (κ1) is 28.0. The van der Waals surface area contributed by atoms with Gasteiger partial charge in [0, 0.05) is 13.1 Å². The molecular formula is C31H43N3O4. The lowest BCUT2D eigenvalue weighted by Gasteiger charge is -2.41. The van der Waals surface area contributed by atoms with Gasteiger partial charge in [0.15, 0.2) is 0 Å². The van der Waals surface area contributed by atoms with Crippen LogP contribution in [0.2, 0.25) is 0 Å². The van der Waals surface area contributed by atoms with E-state index < -0.39 is 0 Å². The zero-order valence-electron chi connectivity index (χ0n) is 23.1. The molecular weight excluding hydrogens is 478 g/mol. The normalized spacial score (nSPS) is 21.4. The maximum absolute atomic E-state index is 13.7. The second-order valence-electron chi connectivity index (χ2n) is 11.1. The zero-order chi connectivity index (χ0) is 27.0. The summed E-state index contributed by atoms with van der Waals surface area (Å²) in [6, 6.07) is 15.5. The molecule has 2 N–H and O–H groups in total. The van der Waals surface area contributed by atoms with E-state index in [1.54, 1.807) is 6.07 Å². The Labute approximate surface area is 227 Å². The topological polar surface area (TPSA) is 79.9 Å². The number of hydrogen-bond acceptors (Lipinski definition) is 5. The number of ether oxygens (including phenoxy) is 2. The molecule has 0 aliphatic carbocycles. The van der Waals surface area contributed by atoms with E-state index in [-0.39, 0.29) is 29.4 Å². The number of fused-ring (bicyclic) bond motifs is 1. The monoisotopic (exact) mass is 521 g/mol. The number of nitrogens with one attached hydrogen (secondary N) is 2. The number of hydrogen-bond donors (Lipinski definition) is 2. The Hall–Kier alpha value is -3.06. The molecule has 2 aromatic rings. The minimum Gasteiger partial charge on any atom is -0.491 e. The Morgan fingerprint density at radius 1 is 1.00 bits per heavy atom. The molecule has 0 radical (unpaired) electrons. The second-order valence-corrected chi connectivity index (χ2v) is 11.1. The van der Waals surface area contributed by atoms with Crippen molar-refractivity contribution < 1.29 is 19.1 Å². The van der Waals surface area contributed by atoms with E-state index in [1.807, 2.05) is 51.1 Å². The molecule has 1 atom stereocenters. The minimum atomic E-state index is -0.360. The fraction of sp³-hybridized carbons (Fsp3) is 0.548. The van der Waals surface area contributed by atoms with Crippen molar-refractivity contribution in [3.63, 3.8) is 0 Å². The van der Waals surface area contributed by atoms with Crippen LogP contribution in [0.15, 0.2) is 48.5 Å². The third-order valence-electron chi connectivity index (χ3n) is 7.61. The van der Waals surface area contributed by atoms with Gasteiger partial charge in [-0.1, -0.05) is 37.1 Å². The van der Waals surface area contributed by atoms with Crippen molar-refractivity contribution in [2.45, 2.75) is 78.0 Å². The van der Waals surface area contributed by atoms with Crippen molar-refractivity contribution in [2.75, 3.05) is 26.2 Å². The Bertz CT molecular complexity index is 1060. The molecule has 2 aliphatic rings. The SMILES string of the molecule is CC(C)Oc1ccc(CN2CCC3(CCCCCNC(=O)c4ccccc4OC[C@H](C)NC3=O)CC2)cc1. The Morgan fingerprint density at radius 3 is 2.47 bits per heavy atom. The van der Waals surface area contributed by atoms with Gasteiger partial charge in [-0.3, -0.25) is 14.5 Å². The van der Waals surface area contributed by atoms with Crippen molar-refractivity contribution in [1.29, 1.82) is 0 Å². The van der Waals surface area contributed by atoms with Crippen molar-refractivity contribution >= 4 is 11.8 Å². The number of likely N-dealkylation sites (tertiary alicyclic amines) is 1. The van der Waals surface area contributed by atoms with Crippen LogP contribution in [0, 0.1) is 5.41 Å². The van der Waals surface area contributed by atoms with E-state index in [0.29, 0.717) is 24.5 Å². The summed E-state index contributed by atoms with van der Waals surface area (Å²) in [6.07, 6.45) is 5.58. The van der Waals surface area contributed by atoms with Crippen LogP contribution >= 0.6 is 0 Å². The number of amides is 2. The predicted octanol–water partition coefficient (Wildman–Crippen LogP) is 4.94. The fourth-order valence-corrected chi connectivity index (χ4v) is 5.41. The summed E-state index contributed by atoms with van der Waals surface area (Å²) in [5.41, 5.74) is 1.43. The van der Waals surface area contributed by atoms with Crippen molar-refractivity contribution in [1.82, 2.24) is 15.5 Å². The van der Waals surface area contributed by atoms with Crippen LogP contribution in [0.3, 0.4) is 0 Å². The van der Waals surface area contributed by atoms with Gasteiger partial charge in [0.1, 0.15) is 18.1 Å². The first-order valence-electron chi connectivity index (χ1n) is 14.1. The number of rotatable bonds is 4. The summed E-state index contributed by atoms with van der Waals surface area (Å²) in [6.45, 7) is 9.64. The van der Waals surface area contributed by atoms with Crippen LogP contribution in [0.1, 0.15) is 75.2 Å². The number of nitrogens with zero attached hydrogens (tertiary/aromatic N) is 1. The van der Waals surface area contributed by atoms with Gasteiger partial charge in [-0.05, 0) is 89.4 Å². The third-order valence-corrected chi connectivity index (χ3v) is 7.61. The van der Waals surface area contributed by atoms with Gasteiger partial charge in [0.2, 0.25) is 5.91 Å². The Balaban J connectivity index is 1.38. The van der Waals surface area contributed by atoms with E-state index in [9.17, 15) is 9.59 Å².